The minimum Gasteiger partial charge on any atom is -0.313 e. The van der Waals surface area contributed by atoms with Crippen LogP contribution in [0.4, 0.5) is 0 Å². The van der Waals surface area contributed by atoms with Gasteiger partial charge >= 0.3 is 0 Å². The van der Waals surface area contributed by atoms with Gasteiger partial charge < -0.3 is 4.98 Å². The Morgan fingerprint density at radius 3 is 2.67 bits per heavy atom. The van der Waals surface area contributed by atoms with Crippen LogP contribution in [-0.2, 0) is 32.7 Å². The normalized spacial score (nSPS) is 10.5. The van der Waals surface area contributed by atoms with E-state index in [9.17, 15) is 0 Å². The first-order chi connectivity index (χ1) is 9.92. The second kappa shape index (κ2) is 6.01. The Labute approximate surface area is 148 Å². The van der Waals surface area contributed by atoms with E-state index < -0.39 is 0 Å². The zero-order chi connectivity index (χ0) is 13.4. The number of aromatic nitrogens is 2. The first kappa shape index (κ1) is 14.3. The van der Waals surface area contributed by atoms with E-state index in [2.05, 4.69) is 28.2 Å². The molecule has 1 radical (unpaired) electrons. The summed E-state index contributed by atoms with van der Waals surface area (Å²) in [6, 6.07) is 22.6. The summed E-state index contributed by atoms with van der Waals surface area (Å²) in [5, 5.41) is 2.12. The number of fused-ring (bicyclic) bond motifs is 2. The molecule has 4 rings (SSSR count). The predicted octanol–water partition coefficient (Wildman–Crippen LogP) is 4.05. The summed E-state index contributed by atoms with van der Waals surface area (Å²) in [6.45, 7) is 0. The topological polar surface area (TPSA) is 25.8 Å². The van der Waals surface area contributed by atoms with Crippen molar-refractivity contribution in [3.63, 3.8) is 0 Å². The van der Waals surface area contributed by atoms with Gasteiger partial charge in [-0.3, -0.25) is 4.98 Å². The fraction of sp³-hybridized carbons (Fsp3) is 0. The van der Waals surface area contributed by atoms with Crippen LogP contribution in [0.15, 0.2) is 60.9 Å². The maximum atomic E-state index is 4.47. The number of nitrogens with zero attached hydrogens (tertiary/aromatic N) is 2. The van der Waals surface area contributed by atoms with Crippen LogP contribution < -0.4 is 0 Å². The van der Waals surface area contributed by atoms with E-state index in [1.807, 2.05) is 48.7 Å². The molecule has 97 valence electrons. The summed E-state index contributed by atoms with van der Waals surface area (Å²) in [5.41, 5.74) is 3.88. The fourth-order valence-corrected chi connectivity index (χ4v) is 2.40. The Morgan fingerprint density at radius 1 is 0.857 bits per heavy atom. The quantitative estimate of drug-likeness (QED) is 0.488. The molecule has 2 aromatic heterocycles. The molecular weight excluding hydrogens is 333 g/mol. The molecule has 0 saturated heterocycles. The predicted molar refractivity (Wildman–Crippen MR) is 80.2 cm³/mol. The summed E-state index contributed by atoms with van der Waals surface area (Å²) in [7, 11) is 0. The van der Waals surface area contributed by atoms with Crippen molar-refractivity contribution in [2.24, 2.45) is 0 Å². The zero-order valence-corrected chi connectivity index (χ0v) is 14.1. The maximum absolute atomic E-state index is 4.47. The van der Waals surface area contributed by atoms with Crippen LogP contribution in [0.3, 0.4) is 0 Å². The monoisotopic (exact) mass is 343 g/mol. The Balaban J connectivity index is 0.00000132. The van der Waals surface area contributed by atoms with Gasteiger partial charge in [0.15, 0.2) is 0 Å². The van der Waals surface area contributed by atoms with Crippen LogP contribution in [0, 0.1) is 12.1 Å². The van der Waals surface area contributed by atoms with Crippen molar-refractivity contribution >= 4 is 21.8 Å². The molecule has 0 unspecified atom stereocenters. The standard InChI is InChI=1S/C18H10N2.Y/c1-4-13-5-2-11-20-18(13)16(7-1)14-8-9-17-15(12-14)6-3-10-19-17;/h1-6,8-11H;/q-2;. The number of hydrogen-bond donors (Lipinski definition) is 0. The van der Waals surface area contributed by atoms with E-state index in [1.54, 1.807) is 6.20 Å². The van der Waals surface area contributed by atoms with Crippen LogP contribution in [-0.4, -0.2) is 9.97 Å². The van der Waals surface area contributed by atoms with Gasteiger partial charge in [0.05, 0.1) is 0 Å². The van der Waals surface area contributed by atoms with Crippen molar-refractivity contribution in [2.75, 3.05) is 0 Å². The molecule has 0 spiro atoms. The van der Waals surface area contributed by atoms with Gasteiger partial charge in [-0.1, -0.05) is 17.5 Å². The molecule has 0 fully saturated rings. The molecule has 3 heteroatoms. The third-order valence-electron chi connectivity index (χ3n) is 3.35. The molecule has 2 aromatic carbocycles. The maximum Gasteiger partial charge on any atom is 0.0152 e. The van der Waals surface area contributed by atoms with Gasteiger partial charge in [-0.15, -0.1) is 23.6 Å². The third kappa shape index (κ3) is 2.62. The van der Waals surface area contributed by atoms with Crippen LogP contribution >= 0.6 is 0 Å². The molecule has 0 bridgehead atoms. The van der Waals surface area contributed by atoms with Crippen molar-refractivity contribution < 1.29 is 32.7 Å². The van der Waals surface area contributed by atoms with E-state index in [-0.39, 0.29) is 32.7 Å². The molecule has 0 aliphatic carbocycles. The Morgan fingerprint density at radius 2 is 1.71 bits per heavy atom. The molecule has 21 heavy (non-hydrogen) atoms. The average Bonchev–Trinajstić information content (AvgIpc) is 2.54. The van der Waals surface area contributed by atoms with E-state index in [1.165, 1.54) is 0 Å². The fourth-order valence-electron chi connectivity index (χ4n) is 2.40. The Bertz CT molecular complexity index is 913. The number of hydrogen-bond acceptors (Lipinski definition) is 2. The van der Waals surface area contributed by atoms with Crippen LogP contribution in [0.5, 0.6) is 0 Å². The summed E-state index contributed by atoms with van der Waals surface area (Å²) in [6.07, 6.45) is 3.60. The summed E-state index contributed by atoms with van der Waals surface area (Å²) >= 11 is 0. The van der Waals surface area contributed by atoms with Gasteiger partial charge in [-0.2, -0.15) is 35.4 Å². The van der Waals surface area contributed by atoms with E-state index >= 15 is 0 Å². The summed E-state index contributed by atoms with van der Waals surface area (Å²) < 4.78 is 0. The molecule has 0 amide bonds. The van der Waals surface area contributed by atoms with E-state index in [0.717, 1.165) is 32.9 Å². The molecule has 0 aliphatic heterocycles. The Kier molecular flexibility index (Phi) is 4.09. The van der Waals surface area contributed by atoms with Gasteiger partial charge in [0.25, 0.3) is 0 Å². The van der Waals surface area contributed by atoms with Gasteiger partial charge in [0.1, 0.15) is 0 Å². The van der Waals surface area contributed by atoms with Crippen molar-refractivity contribution in [1.29, 1.82) is 0 Å². The largest absolute Gasteiger partial charge is 0.313 e. The van der Waals surface area contributed by atoms with Gasteiger partial charge in [-0.25, -0.2) is 0 Å². The minimum atomic E-state index is 0. The third-order valence-corrected chi connectivity index (χ3v) is 3.35. The molecule has 0 saturated carbocycles. The van der Waals surface area contributed by atoms with E-state index in [4.69, 9.17) is 0 Å². The van der Waals surface area contributed by atoms with Gasteiger partial charge in [0.2, 0.25) is 0 Å². The molecule has 0 aliphatic rings. The summed E-state index contributed by atoms with van der Waals surface area (Å²) in [4.78, 5) is 8.79. The second-order valence-corrected chi connectivity index (χ2v) is 4.60. The van der Waals surface area contributed by atoms with Crippen LogP contribution in [0.25, 0.3) is 32.9 Å². The van der Waals surface area contributed by atoms with Crippen molar-refractivity contribution in [3.8, 4) is 11.1 Å². The molecule has 2 heterocycles. The smallest absolute Gasteiger partial charge is 0.0152 e. The van der Waals surface area contributed by atoms with Gasteiger partial charge in [0, 0.05) is 45.1 Å². The molecular formula is C18H10N2Y-2. The first-order valence-electron chi connectivity index (χ1n) is 6.45. The first-order valence-corrected chi connectivity index (χ1v) is 6.45. The van der Waals surface area contributed by atoms with Gasteiger partial charge in [-0.05, 0) is 17.1 Å². The van der Waals surface area contributed by atoms with Crippen molar-refractivity contribution in [3.05, 3.63) is 73.1 Å². The minimum absolute atomic E-state index is 0. The average molecular weight is 343 g/mol. The molecule has 4 aromatic rings. The van der Waals surface area contributed by atoms with Crippen LogP contribution in [0.2, 0.25) is 0 Å². The SMILES string of the molecule is [Y].[c-]1ccc2cccnc2c1-c1[c-]c2cccnc2cc1. The van der Waals surface area contributed by atoms with Crippen LogP contribution in [0.1, 0.15) is 0 Å². The van der Waals surface area contributed by atoms with Crippen molar-refractivity contribution in [1.82, 2.24) is 9.97 Å². The molecule has 2 nitrogen and oxygen atoms in total. The molecule has 0 N–H and O–H groups in total. The number of pyridine rings is 2. The second-order valence-electron chi connectivity index (χ2n) is 4.60. The summed E-state index contributed by atoms with van der Waals surface area (Å²) in [5.74, 6) is 0. The Hall–Kier alpha value is -1.64. The van der Waals surface area contributed by atoms with E-state index in [0.29, 0.717) is 0 Å². The zero-order valence-electron chi connectivity index (χ0n) is 11.2. The van der Waals surface area contributed by atoms with Crippen molar-refractivity contribution in [2.45, 2.75) is 0 Å². The number of benzene rings is 2. The number of rotatable bonds is 1. The molecule has 0 atom stereocenters.